The van der Waals surface area contributed by atoms with Crippen LogP contribution in [0.2, 0.25) is 0 Å². The summed E-state index contributed by atoms with van der Waals surface area (Å²) in [5.74, 6) is -0.222. The van der Waals surface area contributed by atoms with Crippen LogP contribution in [-0.2, 0) is 9.53 Å². The molecule has 4 atom stereocenters. The van der Waals surface area contributed by atoms with Crippen molar-refractivity contribution in [2.45, 2.75) is 109 Å². The highest BCUT2D eigenvalue weighted by molar-refractivity contribution is 5.99. The number of likely N-dealkylation sites (N-methyl/N-ethyl adjacent to an activating group) is 1. The number of nitrogens with one attached hydrogen (secondary N) is 1. The number of fused-ring (bicyclic) bond motifs is 1. The summed E-state index contributed by atoms with van der Waals surface area (Å²) in [5, 5.41) is 12.6. The smallest absolute Gasteiger partial charge is 0.389 e. The molecule has 0 unspecified atom stereocenters. The van der Waals surface area contributed by atoms with Gasteiger partial charge in [-0.15, -0.1) is 0 Å². The third-order valence-corrected chi connectivity index (χ3v) is 8.76. The Bertz CT molecular complexity index is 1050. The average molecular weight is 628 g/mol. The molecule has 2 N–H and O–H groups in total. The van der Waals surface area contributed by atoms with Crippen LogP contribution < -0.4 is 10.1 Å². The third-order valence-electron chi connectivity index (χ3n) is 8.76. The molecule has 0 saturated heterocycles. The van der Waals surface area contributed by atoms with Crippen LogP contribution in [0.1, 0.15) is 95.3 Å². The highest BCUT2D eigenvalue weighted by Crippen LogP contribution is 2.30. The zero-order valence-electron chi connectivity index (χ0n) is 26.8. The van der Waals surface area contributed by atoms with E-state index in [1.54, 1.807) is 17.9 Å². The minimum absolute atomic E-state index is 0.0572. The van der Waals surface area contributed by atoms with Gasteiger partial charge in [-0.05, 0) is 77.1 Å². The number of hydrogen-bond donors (Lipinski definition) is 2. The molecular formula is C33H52F3N3O5. The van der Waals surface area contributed by atoms with Gasteiger partial charge >= 0.3 is 6.18 Å². The second-order valence-corrected chi connectivity index (χ2v) is 12.9. The largest absolute Gasteiger partial charge is 0.490 e. The van der Waals surface area contributed by atoms with Crippen LogP contribution in [0.5, 0.6) is 5.75 Å². The Hall–Kier alpha value is -2.37. The molecule has 44 heavy (non-hydrogen) atoms. The van der Waals surface area contributed by atoms with Crippen molar-refractivity contribution in [3.8, 4) is 5.75 Å². The number of nitrogens with zero attached hydrogens (tertiary/aromatic N) is 2. The van der Waals surface area contributed by atoms with E-state index in [4.69, 9.17) is 9.47 Å². The van der Waals surface area contributed by atoms with E-state index in [1.165, 1.54) is 44.2 Å². The first-order valence-electron chi connectivity index (χ1n) is 16.3. The van der Waals surface area contributed by atoms with E-state index in [1.807, 2.05) is 6.92 Å². The van der Waals surface area contributed by atoms with Gasteiger partial charge in [-0.1, -0.05) is 26.2 Å². The van der Waals surface area contributed by atoms with Gasteiger partial charge in [0.2, 0.25) is 5.91 Å². The Morgan fingerprint density at radius 2 is 1.82 bits per heavy atom. The van der Waals surface area contributed by atoms with Crippen LogP contribution in [0, 0.1) is 11.8 Å². The Morgan fingerprint density at radius 3 is 2.50 bits per heavy atom. The molecule has 0 bridgehead atoms. The molecule has 2 amide bonds. The van der Waals surface area contributed by atoms with Gasteiger partial charge in [-0.2, -0.15) is 13.2 Å². The van der Waals surface area contributed by atoms with E-state index in [0.717, 1.165) is 32.4 Å². The lowest BCUT2D eigenvalue weighted by atomic mass is 9.89. The van der Waals surface area contributed by atoms with Crippen molar-refractivity contribution in [3.63, 3.8) is 0 Å². The fourth-order valence-electron chi connectivity index (χ4n) is 6.13. The molecule has 1 saturated carbocycles. The quantitative estimate of drug-likeness (QED) is 0.335. The molecular weight excluding hydrogens is 575 g/mol. The predicted octanol–water partition coefficient (Wildman–Crippen LogP) is 6.28. The summed E-state index contributed by atoms with van der Waals surface area (Å²) in [6, 6.07) is 4.04. The molecule has 1 aromatic carbocycles. The number of carbonyl (C=O) groups excluding carboxylic acids is 2. The van der Waals surface area contributed by atoms with Gasteiger partial charge in [0, 0.05) is 44.3 Å². The number of aliphatic hydroxyl groups excluding tert-OH is 1. The van der Waals surface area contributed by atoms with Crippen molar-refractivity contribution < 1.29 is 37.3 Å². The van der Waals surface area contributed by atoms with Gasteiger partial charge in [0.25, 0.3) is 5.91 Å². The van der Waals surface area contributed by atoms with E-state index < -0.39 is 36.9 Å². The average Bonchev–Trinajstić information content (AvgIpc) is 2.97. The van der Waals surface area contributed by atoms with Gasteiger partial charge in [0.15, 0.2) is 0 Å². The molecule has 0 aromatic heterocycles. The topological polar surface area (TPSA) is 91.3 Å². The Morgan fingerprint density at radius 1 is 1.11 bits per heavy atom. The zero-order valence-corrected chi connectivity index (χ0v) is 26.8. The summed E-state index contributed by atoms with van der Waals surface area (Å²) in [7, 11) is 2.13. The normalized spacial score (nSPS) is 23.9. The van der Waals surface area contributed by atoms with Gasteiger partial charge in [0.05, 0.1) is 36.8 Å². The molecule has 3 rings (SSSR count). The standard InChI is InChI=1S/C33H52F3N3O5/c1-23-19-39(24(2)22-40)32(42)28-18-27(37-31(41)15-16-33(34,35)36)13-14-29(28)44-25(3)10-8-9-17-43-30(23)21-38(4)20-26-11-6-5-7-12-26/h13-14,18,23-26,30,40H,5-12,15-17,19-22H2,1-4H3,(H,37,41)/t23-,24+,25+,30+/m1/s1. The van der Waals surface area contributed by atoms with E-state index in [0.29, 0.717) is 24.8 Å². The maximum Gasteiger partial charge on any atom is 0.389 e. The third kappa shape index (κ3) is 11.9. The first-order chi connectivity index (χ1) is 20.9. The molecule has 1 fully saturated rings. The van der Waals surface area contributed by atoms with E-state index in [2.05, 4.69) is 24.2 Å². The summed E-state index contributed by atoms with van der Waals surface area (Å²) in [4.78, 5) is 30.4. The first kappa shape index (κ1) is 36.1. The zero-order chi connectivity index (χ0) is 32.3. The van der Waals surface area contributed by atoms with Crippen molar-refractivity contribution in [1.29, 1.82) is 0 Å². The fourth-order valence-corrected chi connectivity index (χ4v) is 6.13. The number of benzene rings is 1. The summed E-state index contributed by atoms with van der Waals surface area (Å²) in [5.41, 5.74) is 0.388. The van der Waals surface area contributed by atoms with E-state index >= 15 is 0 Å². The molecule has 2 aliphatic rings. The number of amides is 2. The van der Waals surface area contributed by atoms with Gasteiger partial charge in [-0.25, -0.2) is 0 Å². The van der Waals surface area contributed by atoms with Crippen LogP contribution in [0.15, 0.2) is 18.2 Å². The van der Waals surface area contributed by atoms with Crippen molar-refractivity contribution in [1.82, 2.24) is 9.80 Å². The second-order valence-electron chi connectivity index (χ2n) is 12.9. The minimum atomic E-state index is -4.45. The number of hydrogen-bond acceptors (Lipinski definition) is 6. The molecule has 1 heterocycles. The molecule has 0 spiro atoms. The van der Waals surface area contributed by atoms with Crippen LogP contribution in [0.3, 0.4) is 0 Å². The van der Waals surface area contributed by atoms with Crippen molar-refractivity contribution in [3.05, 3.63) is 23.8 Å². The first-order valence-corrected chi connectivity index (χ1v) is 16.3. The predicted molar refractivity (Wildman–Crippen MR) is 165 cm³/mol. The number of rotatable bonds is 9. The summed E-state index contributed by atoms with van der Waals surface area (Å²) in [6.07, 6.45) is 2.15. The van der Waals surface area contributed by atoms with Gasteiger partial charge in [-0.3, -0.25) is 9.59 Å². The molecule has 8 nitrogen and oxygen atoms in total. The van der Waals surface area contributed by atoms with E-state index in [9.17, 15) is 27.9 Å². The number of anilines is 1. The Labute approximate surface area is 260 Å². The maximum atomic E-state index is 14.2. The second kappa shape index (κ2) is 17.4. The van der Waals surface area contributed by atoms with Crippen molar-refractivity contribution in [2.24, 2.45) is 11.8 Å². The van der Waals surface area contributed by atoms with Crippen molar-refractivity contribution >= 4 is 17.5 Å². The number of halogens is 3. The number of ether oxygens (including phenoxy) is 2. The molecule has 0 radical (unpaired) electrons. The number of aliphatic hydroxyl groups is 1. The van der Waals surface area contributed by atoms with Gasteiger partial charge in [0.1, 0.15) is 5.75 Å². The van der Waals surface area contributed by atoms with Crippen LogP contribution in [0.25, 0.3) is 0 Å². The van der Waals surface area contributed by atoms with Gasteiger partial charge < -0.3 is 29.7 Å². The molecule has 1 aromatic rings. The highest BCUT2D eigenvalue weighted by Gasteiger charge is 2.31. The SMILES string of the molecule is C[C@@H]1CN([C@@H](C)CO)C(=O)c2cc(NC(=O)CCC(F)(F)F)ccc2O[C@@H](C)CCCCO[C@H]1CN(C)CC1CCCCC1. The Balaban J connectivity index is 1.86. The molecule has 1 aliphatic heterocycles. The monoisotopic (exact) mass is 627 g/mol. The lowest BCUT2D eigenvalue weighted by Crippen LogP contribution is -2.47. The minimum Gasteiger partial charge on any atom is -0.490 e. The maximum absolute atomic E-state index is 14.2. The Kier molecular flexibility index (Phi) is 14.2. The van der Waals surface area contributed by atoms with Crippen molar-refractivity contribution in [2.75, 3.05) is 45.2 Å². The fraction of sp³-hybridized carbons (Fsp3) is 0.758. The highest BCUT2D eigenvalue weighted by atomic mass is 19.4. The number of alkyl halides is 3. The van der Waals surface area contributed by atoms with E-state index in [-0.39, 0.29) is 36.0 Å². The van der Waals surface area contributed by atoms with Crippen LogP contribution in [0.4, 0.5) is 18.9 Å². The number of carbonyl (C=O) groups is 2. The summed E-state index contributed by atoms with van der Waals surface area (Å²) >= 11 is 0. The van der Waals surface area contributed by atoms with Crippen LogP contribution in [-0.4, -0.2) is 91.0 Å². The lowest BCUT2D eigenvalue weighted by Gasteiger charge is -2.36. The summed E-state index contributed by atoms with van der Waals surface area (Å²) < 4.78 is 50.6. The molecule has 1 aliphatic carbocycles. The van der Waals surface area contributed by atoms with Crippen LogP contribution >= 0.6 is 0 Å². The molecule has 250 valence electrons. The molecule has 11 heteroatoms. The summed E-state index contributed by atoms with van der Waals surface area (Å²) in [6.45, 7) is 8.17. The lowest BCUT2D eigenvalue weighted by molar-refractivity contribution is -0.142.